The standard InChI is InChI=1S/C75H78N4O/c1-71(2,3)46-49-39-52(41-53(40-49)72(4,5)6)58-29-22-28-57(51-33-36-62-64(42-51)75(12,13)38-37-74(62,10)11)70(58)78-48-77(66-31-19-20-32-67(66)78)54-25-21-26-55(43-54)80-56-34-35-60-59-27-17-18-30-65(59)79(68(60)44-56)69-45-63(73(7,8)9)61(47-76-69)50-23-15-14-16-24-50/h14-36,39-45,47H,37-38,46,48H2,1-13H3/i39D,40D,41D,46D2. The van der Waals surface area contributed by atoms with Crippen LogP contribution in [-0.2, 0) is 28.0 Å². The normalized spacial score (nSPS) is 16.2. The van der Waals surface area contributed by atoms with Gasteiger partial charge in [0.1, 0.15) is 24.0 Å². The Labute approximate surface area is 483 Å². The summed E-state index contributed by atoms with van der Waals surface area (Å²) in [5, 5.41) is 2.23. The van der Waals surface area contributed by atoms with Crippen LogP contribution in [0.15, 0.2) is 188 Å². The van der Waals surface area contributed by atoms with Gasteiger partial charge in [-0.3, -0.25) is 4.57 Å². The summed E-state index contributed by atoms with van der Waals surface area (Å²) in [6.45, 7) is 27.9. The van der Waals surface area contributed by atoms with Gasteiger partial charge < -0.3 is 14.5 Å². The molecular formula is C75H78N4O. The van der Waals surface area contributed by atoms with Gasteiger partial charge in [-0.15, -0.1) is 0 Å². The molecule has 0 spiro atoms. The molecule has 0 saturated carbocycles. The topological polar surface area (TPSA) is 33.5 Å². The van der Waals surface area contributed by atoms with Gasteiger partial charge in [-0.2, -0.15) is 0 Å². The number of rotatable bonds is 9. The van der Waals surface area contributed by atoms with Crippen LogP contribution in [0.1, 0.15) is 138 Å². The van der Waals surface area contributed by atoms with Crippen molar-refractivity contribution in [3.8, 4) is 50.7 Å². The molecule has 8 aromatic carbocycles. The molecular weight excluding hydrogens is 973 g/mol. The smallest absolute Gasteiger partial charge is 0.137 e. The number of hydrogen-bond donors (Lipinski definition) is 0. The SMILES string of the molecule is [2H]c1c(-c2cccc(-c3ccc4c(c3)C(C)(C)CCC4(C)C)c2N2CN(c3cccc(Oc4ccc5c6ccccc6n(-c6cc(C(C)(C)C)c(-c7ccccc7)cn6)c5c4)c3)c3ccccc32)c([2H])c(C([2H])([2H])C(C)(C)C)c([2H])c1C(C)(C)C. The Hall–Kier alpha value is -7.89. The summed E-state index contributed by atoms with van der Waals surface area (Å²) in [6.07, 6.45) is 2.08. The van der Waals surface area contributed by atoms with Gasteiger partial charge >= 0.3 is 0 Å². The first-order chi connectivity index (χ1) is 40.1. The molecule has 0 atom stereocenters. The average molecular weight is 1060 g/mol. The first-order valence-electron chi connectivity index (χ1n) is 31.0. The number of aromatic nitrogens is 2. The van der Waals surface area contributed by atoms with Gasteiger partial charge in [0, 0.05) is 54.2 Å². The number of para-hydroxylation sites is 4. The highest BCUT2D eigenvalue weighted by Crippen LogP contribution is 2.53. The third-order valence-electron chi connectivity index (χ3n) is 16.5. The minimum absolute atomic E-state index is 0.00137. The Morgan fingerprint density at radius 2 is 1.19 bits per heavy atom. The molecule has 404 valence electrons. The quantitative estimate of drug-likeness (QED) is 0.144. The van der Waals surface area contributed by atoms with Gasteiger partial charge in [0.05, 0.1) is 32.2 Å². The predicted octanol–water partition coefficient (Wildman–Crippen LogP) is 20.8. The summed E-state index contributed by atoms with van der Waals surface area (Å²) in [5.74, 6) is 2.19. The van der Waals surface area contributed by atoms with E-state index in [0.717, 1.165) is 85.5 Å². The molecule has 5 nitrogen and oxygen atoms in total. The Kier molecular flexibility index (Phi) is 11.4. The van der Waals surface area contributed by atoms with Gasteiger partial charge in [0.15, 0.2) is 0 Å². The van der Waals surface area contributed by atoms with E-state index in [4.69, 9.17) is 9.72 Å². The van der Waals surface area contributed by atoms with E-state index in [0.29, 0.717) is 34.9 Å². The van der Waals surface area contributed by atoms with Gasteiger partial charge in [0.25, 0.3) is 0 Å². The molecule has 1 aliphatic carbocycles. The first-order valence-corrected chi connectivity index (χ1v) is 28.5. The van der Waals surface area contributed by atoms with Crippen LogP contribution in [0.2, 0.25) is 0 Å². The van der Waals surface area contributed by atoms with Crippen molar-refractivity contribution in [2.24, 2.45) is 5.41 Å². The molecule has 2 aliphatic rings. The van der Waals surface area contributed by atoms with Crippen molar-refractivity contribution in [3.05, 3.63) is 216 Å². The Morgan fingerprint density at radius 3 is 1.91 bits per heavy atom. The molecule has 12 rings (SSSR count). The van der Waals surface area contributed by atoms with Gasteiger partial charge in [0.2, 0.25) is 0 Å². The third-order valence-corrected chi connectivity index (χ3v) is 16.5. The molecule has 0 radical (unpaired) electrons. The highest BCUT2D eigenvalue weighted by atomic mass is 16.5. The maximum Gasteiger partial charge on any atom is 0.137 e. The molecule has 0 unspecified atom stereocenters. The molecule has 0 saturated heterocycles. The summed E-state index contributed by atoms with van der Waals surface area (Å²) in [7, 11) is 0. The molecule has 0 amide bonds. The largest absolute Gasteiger partial charge is 0.457 e. The second-order valence-corrected chi connectivity index (χ2v) is 26.7. The maximum atomic E-state index is 10.2. The minimum Gasteiger partial charge on any atom is -0.457 e. The number of nitrogens with zero attached hydrogens (tertiary/aromatic N) is 4. The zero-order valence-electron chi connectivity index (χ0n) is 54.0. The van der Waals surface area contributed by atoms with E-state index in [1.54, 1.807) is 0 Å². The van der Waals surface area contributed by atoms with Crippen molar-refractivity contribution in [2.75, 3.05) is 16.5 Å². The monoisotopic (exact) mass is 1060 g/mol. The van der Waals surface area contributed by atoms with Gasteiger partial charge in [-0.1, -0.05) is 211 Å². The third kappa shape index (κ3) is 9.77. The van der Waals surface area contributed by atoms with Crippen LogP contribution >= 0.6 is 0 Å². The lowest BCUT2D eigenvalue weighted by atomic mass is 9.63. The molecule has 0 fully saturated rings. The van der Waals surface area contributed by atoms with Crippen molar-refractivity contribution < 1.29 is 11.6 Å². The van der Waals surface area contributed by atoms with Crippen LogP contribution in [0.25, 0.3) is 61.0 Å². The van der Waals surface area contributed by atoms with E-state index < -0.39 is 17.2 Å². The number of ether oxygens (including phenoxy) is 1. The van der Waals surface area contributed by atoms with E-state index in [1.165, 1.54) is 16.7 Å². The summed E-state index contributed by atoms with van der Waals surface area (Å²) in [6, 6.07) is 57.1. The number of fused-ring (bicyclic) bond motifs is 5. The van der Waals surface area contributed by atoms with Crippen molar-refractivity contribution in [3.63, 3.8) is 0 Å². The van der Waals surface area contributed by atoms with Crippen LogP contribution < -0.4 is 14.5 Å². The van der Waals surface area contributed by atoms with E-state index >= 15 is 0 Å². The summed E-state index contributed by atoms with van der Waals surface area (Å²) in [4.78, 5) is 9.78. The predicted molar refractivity (Wildman–Crippen MR) is 339 cm³/mol. The van der Waals surface area contributed by atoms with Crippen LogP contribution in [0, 0.1) is 5.41 Å². The van der Waals surface area contributed by atoms with Crippen molar-refractivity contribution >= 4 is 44.6 Å². The van der Waals surface area contributed by atoms with Crippen molar-refractivity contribution in [1.82, 2.24) is 9.55 Å². The second-order valence-electron chi connectivity index (χ2n) is 26.7. The van der Waals surface area contributed by atoms with Crippen LogP contribution in [-0.4, -0.2) is 16.2 Å². The van der Waals surface area contributed by atoms with E-state index in [2.05, 4.69) is 190 Å². The Bertz CT molecular complexity index is 4290. The van der Waals surface area contributed by atoms with Crippen LogP contribution in [0.4, 0.5) is 22.7 Å². The number of anilines is 4. The summed E-state index contributed by atoms with van der Waals surface area (Å²) < 4.78 is 58.6. The van der Waals surface area contributed by atoms with Crippen molar-refractivity contribution in [1.29, 1.82) is 0 Å². The zero-order valence-corrected chi connectivity index (χ0v) is 49.0. The average Bonchev–Trinajstić information content (AvgIpc) is 1.53. The van der Waals surface area contributed by atoms with Gasteiger partial charge in [-0.25, -0.2) is 4.98 Å². The first kappa shape index (κ1) is 47.0. The second kappa shape index (κ2) is 19.4. The maximum absolute atomic E-state index is 10.2. The number of hydrogen-bond acceptors (Lipinski definition) is 4. The number of pyridine rings is 1. The molecule has 1 aliphatic heterocycles. The molecule has 0 bridgehead atoms. The van der Waals surface area contributed by atoms with E-state index in [1.807, 2.05) is 84.1 Å². The molecule has 10 aromatic rings. The Morgan fingerprint density at radius 1 is 0.537 bits per heavy atom. The fraction of sp³-hybridized carbons (Fsp3) is 0.293. The van der Waals surface area contributed by atoms with E-state index in [9.17, 15) is 6.85 Å². The van der Waals surface area contributed by atoms with Crippen LogP contribution in [0.3, 0.4) is 0 Å². The Balaban J connectivity index is 0.995. The zero-order chi connectivity index (χ0) is 60.5. The van der Waals surface area contributed by atoms with Crippen LogP contribution in [0.5, 0.6) is 11.5 Å². The van der Waals surface area contributed by atoms with E-state index in [-0.39, 0.29) is 39.9 Å². The highest BCUT2D eigenvalue weighted by Gasteiger charge is 2.38. The fourth-order valence-electron chi connectivity index (χ4n) is 12.2. The lowest BCUT2D eigenvalue weighted by Gasteiger charge is -2.42. The molecule has 80 heavy (non-hydrogen) atoms. The molecule has 3 heterocycles. The summed E-state index contributed by atoms with van der Waals surface area (Å²) >= 11 is 0. The molecule has 2 aromatic heterocycles. The van der Waals surface area contributed by atoms with Crippen molar-refractivity contribution in [2.45, 2.75) is 131 Å². The summed E-state index contributed by atoms with van der Waals surface area (Å²) in [5.41, 5.74) is 13.2. The van der Waals surface area contributed by atoms with Gasteiger partial charge in [-0.05, 0) is 139 Å². The fourth-order valence-corrected chi connectivity index (χ4v) is 12.2. The highest BCUT2D eigenvalue weighted by molar-refractivity contribution is 6.09. The minimum atomic E-state index is -2.09. The number of benzene rings is 8. The molecule has 0 N–H and O–H groups in total. The molecule has 5 heteroatoms. The lowest BCUT2D eigenvalue weighted by Crippen LogP contribution is -2.33. The lowest BCUT2D eigenvalue weighted by molar-refractivity contribution is 0.332.